The lowest BCUT2D eigenvalue weighted by Gasteiger charge is -2.11. The van der Waals surface area contributed by atoms with E-state index in [1.807, 2.05) is 6.92 Å². The van der Waals surface area contributed by atoms with Gasteiger partial charge < -0.3 is 4.57 Å². The van der Waals surface area contributed by atoms with E-state index in [0.29, 0.717) is 6.04 Å². The SMILES string of the molecule is C/C(S)=C/c1c(C)ccn1C(C)C. The molecule has 0 saturated carbocycles. The van der Waals surface area contributed by atoms with E-state index < -0.39 is 0 Å². The fraction of sp³-hybridized carbons (Fsp3) is 0.455. The lowest BCUT2D eigenvalue weighted by molar-refractivity contribution is 0.598. The van der Waals surface area contributed by atoms with Gasteiger partial charge >= 0.3 is 0 Å². The van der Waals surface area contributed by atoms with Crippen LogP contribution in [0.5, 0.6) is 0 Å². The van der Waals surface area contributed by atoms with Gasteiger partial charge in [0.2, 0.25) is 0 Å². The van der Waals surface area contributed by atoms with E-state index >= 15 is 0 Å². The van der Waals surface area contributed by atoms with Gasteiger partial charge in [-0.15, -0.1) is 12.6 Å². The largest absolute Gasteiger partial charge is 0.345 e. The predicted octanol–water partition coefficient (Wildman–Crippen LogP) is 3.67. The number of aryl methyl sites for hydroxylation is 1. The molecule has 0 unspecified atom stereocenters. The molecule has 0 amide bonds. The minimum atomic E-state index is 0.507. The fourth-order valence-corrected chi connectivity index (χ4v) is 1.52. The molecular formula is C11H17NS. The van der Waals surface area contributed by atoms with Crippen molar-refractivity contribution in [2.45, 2.75) is 33.7 Å². The van der Waals surface area contributed by atoms with Crippen LogP contribution in [0.15, 0.2) is 17.2 Å². The second-order valence-electron chi connectivity index (χ2n) is 3.67. The highest BCUT2D eigenvalue weighted by Crippen LogP contribution is 2.19. The van der Waals surface area contributed by atoms with Gasteiger partial charge in [-0.3, -0.25) is 0 Å². The molecule has 2 heteroatoms. The Bertz CT molecular complexity index is 317. The van der Waals surface area contributed by atoms with Crippen LogP contribution < -0.4 is 0 Å². The van der Waals surface area contributed by atoms with E-state index in [9.17, 15) is 0 Å². The van der Waals surface area contributed by atoms with Crippen LogP contribution in [0.2, 0.25) is 0 Å². The van der Waals surface area contributed by atoms with Gasteiger partial charge in [-0.25, -0.2) is 0 Å². The van der Waals surface area contributed by atoms with Crippen LogP contribution in [0.3, 0.4) is 0 Å². The normalized spacial score (nSPS) is 12.6. The van der Waals surface area contributed by atoms with E-state index in [0.717, 1.165) is 4.91 Å². The van der Waals surface area contributed by atoms with Gasteiger partial charge in [-0.2, -0.15) is 0 Å². The first-order chi connectivity index (χ1) is 6.02. The monoisotopic (exact) mass is 195 g/mol. The lowest BCUT2D eigenvalue weighted by atomic mass is 10.2. The molecule has 0 bridgehead atoms. The predicted molar refractivity (Wildman–Crippen MR) is 62.2 cm³/mol. The van der Waals surface area contributed by atoms with Crippen LogP contribution in [-0.2, 0) is 0 Å². The van der Waals surface area contributed by atoms with Crippen molar-refractivity contribution in [3.63, 3.8) is 0 Å². The highest BCUT2D eigenvalue weighted by molar-refractivity contribution is 7.84. The summed E-state index contributed by atoms with van der Waals surface area (Å²) in [5.74, 6) is 0. The highest BCUT2D eigenvalue weighted by atomic mass is 32.1. The van der Waals surface area contributed by atoms with Crippen molar-refractivity contribution in [1.82, 2.24) is 4.57 Å². The number of hydrogen-bond acceptors (Lipinski definition) is 1. The van der Waals surface area contributed by atoms with Gasteiger partial charge in [0.1, 0.15) is 0 Å². The summed E-state index contributed by atoms with van der Waals surface area (Å²) in [5.41, 5.74) is 2.57. The van der Waals surface area contributed by atoms with Gasteiger partial charge in [0.05, 0.1) is 0 Å². The zero-order chi connectivity index (χ0) is 10.0. The molecule has 0 radical (unpaired) electrons. The van der Waals surface area contributed by atoms with Crippen molar-refractivity contribution >= 4 is 18.7 Å². The Kier molecular flexibility index (Phi) is 3.26. The van der Waals surface area contributed by atoms with Crippen molar-refractivity contribution in [2.75, 3.05) is 0 Å². The molecule has 0 aliphatic rings. The summed E-state index contributed by atoms with van der Waals surface area (Å²) in [4.78, 5) is 1.05. The van der Waals surface area contributed by atoms with Gasteiger partial charge in [0.25, 0.3) is 0 Å². The maximum absolute atomic E-state index is 4.30. The van der Waals surface area contributed by atoms with Crippen LogP contribution in [0.25, 0.3) is 6.08 Å². The second kappa shape index (κ2) is 4.05. The van der Waals surface area contributed by atoms with Gasteiger partial charge in [-0.05, 0) is 50.3 Å². The van der Waals surface area contributed by atoms with Crippen LogP contribution in [0.1, 0.15) is 38.1 Å². The van der Waals surface area contributed by atoms with Gasteiger partial charge in [-0.1, -0.05) is 0 Å². The first-order valence-electron chi connectivity index (χ1n) is 4.57. The number of allylic oxidation sites excluding steroid dienone is 1. The molecule has 0 spiro atoms. The quantitative estimate of drug-likeness (QED) is 0.687. The summed E-state index contributed by atoms with van der Waals surface area (Å²) < 4.78 is 2.26. The Morgan fingerprint density at radius 3 is 2.62 bits per heavy atom. The fourth-order valence-electron chi connectivity index (χ4n) is 1.40. The molecule has 0 aliphatic heterocycles. The number of rotatable bonds is 2. The molecule has 0 N–H and O–H groups in total. The molecule has 0 aromatic carbocycles. The average molecular weight is 195 g/mol. The molecule has 1 aromatic heterocycles. The zero-order valence-electron chi connectivity index (χ0n) is 8.70. The van der Waals surface area contributed by atoms with E-state index in [1.54, 1.807) is 0 Å². The smallest absolute Gasteiger partial charge is 0.0446 e. The van der Waals surface area contributed by atoms with Crippen LogP contribution in [-0.4, -0.2) is 4.57 Å². The lowest BCUT2D eigenvalue weighted by Crippen LogP contribution is -2.01. The average Bonchev–Trinajstić information content (AvgIpc) is 2.32. The summed E-state index contributed by atoms with van der Waals surface area (Å²) in [6, 6.07) is 2.65. The maximum atomic E-state index is 4.30. The van der Waals surface area contributed by atoms with Gasteiger partial charge in [0, 0.05) is 17.9 Å². The first-order valence-corrected chi connectivity index (χ1v) is 5.01. The van der Waals surface area contributed by atoms with Crippen LogP contribution in [0.4, 0.5) is 0 Å². The van der Waals surface area contributed by atoms with Crippen molar-refractivity contribution in [1.29, 1.82) is 0 Å². The number of nitrogens with zero attached hydrogens (tertiary/aromatic N) is 1. The topological polar surface area (TPSA) is 4.93 Å². The first kappa shape index (κ1) is 10.5. The number of hydrogen-bond donors (Lipinski definition) is 1. The molecule has 0 aliphatic carbocycles. The van der Waals surface area contributed by atoms with Crippen molar-refractivity contribution in [3.8, 4) is 0 Å². The van der Waals surface area contributed by atoms with E-state index in [2.05, 4.69) is 56.3 Å². The standard InChI is InChI=1S/C11H17NS/c1-8(2)12-6-5-9(3)11(12)7-10(4)13/h5-8,13H,1-4H3/b10-7-. The molecule has 72 valence electrons. The van der Waals surface area contributed by atoms with Crippen molar-refractivity contribution < 1.29 is 0 Å². The highest BCUT2D eigenvalue weighted by Gasteiger charge is 2.05. The minimum Gasteiger partial charge on any atom is -0.345 e. The Morgan fingerprint density at radius 2 is 2.15 bits per heavy atom. The van der Waals surface area contributed by atoms with Crippen molar-refractivity contribution in [3.05, 3.63) is 28.4 Å². The Hall–Kier alpha value is -0.630. The number of thiol groups is 1. The second-order valence-corrected chi connectivity index (χ2v) is 4.38. The summed E-state index contributed by atoms with van der Waals surface area (Å²) in [7, 11) is 0. The zero-order valence-corrected chi connectivity index (χ0v) is 9.60. The minimum absolute atomic E-state index is 0.507. The van der Waals surface area contributed by atoms with E-state index in [-0.39, 0.29) is 0 Å². The molecule has 13 heavy (non-hydrogen) atoms. The number of aromatic nitrogens is 1. The molecule has 0 saturated heterocycles. The molecule has 0 atom stereocenters. The third kappa shape index (κ3) is 2.41. The Morgan fingerprint density at radius 1 is 1.54 bits per heavy atom. The van der Waals surface area contributed by atoms with E-state index in [4.69, 9.17) is 0 Å². The Balaban J connectivity index is 3.16. The van der Waals surface area contributed by atoms with Crippen LogP contribution >= 0.6 is 12.6 Å². The van der Waals surface area contributed by atoms with Gasteiger partial charge in [0.15, 0.2) is 0 Å². The summed E-state index contributed by atoms with van der Waals surface area (Å²) in [6.45, 7) is 8.50. The third-order valence-corrected chi connectivity index (χ3v) is 2.20. The summed E-state index contributed by atoms with van der Waals surface area (Å²) in [6.07, 6.45) is 4.24. The van der Waals surface area contributed by atoms with Crippen LogP contribution in [0, 0.1) is 6.92 Å². The maximum Gasteiger partial charge on any atom is 0.0446 e. The third-order valence-electron chi connectivity index (χ3n) is 2.07. The Labute approximate surface area is 85.9 Å². The summed E-state index contributed by atoms with van der Waals surface area (Å²) in [5, 5.41) is 0. The molecule has 0 fully saturated rings. The van der Waals surface area contributed by atoms with E-state index in [1.165, 1.54) is 11.3 Å². The summed E-state index contributed by atoms with van der Waals surface area (Å²) >= 11 is 4.30. The molecule has 1 heterocycles. The van der Waals surface area contributed by atoms with Crippen molar-refractivity contribution in [2.24, 2.45) is 0 Å². The molecule has 1 nitrogen and oxygen atoms in total. The molecule has 1 rings (SSSR count). The molecular weight excluding hydrogens is 178 g/mol. The molecule has 1 aromatic rings.